The van der Waals surface area contributed by atoms with Gasteiger partial charge in [-0.3, -0.25) is 0 Å². The Morgan fingerprint density at radius 1 is 1.26 bits per heavy atom. The summed E-state index contributed by atoms with van der Waals surface area (Å²) in [6.07, 6.45) is 7.37. The van der Waals surface area contributed by atoms with Crippen molar-refractivity contribution in [1.29, 1.82) is 0 Å². The molecule has 1 aromatic carbocycles. The fraction of sp³-hybridized carbons (Fsp3) is 0.562. The van der Waals surface area contributed by atoms with Crippen molar-refractivity contribution in [2.24, 2.45) is 5.73 Å². The van der Waals surface area contributed by atoms with Gasteiger partial charge in [0.15, 0.2) is 0 Å². The Morgan fingerprint density at radius 3 is 2.74 bits per heavy atom. The maximum atomic E-state index is 6.12. The van der Waals surface area contributed by atoms with Crippen LogP contribution in [0.2, 0.25) is 0 Å². The maximum absolute atomic E-state index is 6.12. The van der Waals surface area contributed by atoms with E-state index in [-0.39, 0.29) is 5.41 Å². The second-order valence-corrected chi connectivity index (χ2v) is 5.81. The first-order valence-corrected chi connectivity index (χ1v) is 7.46. The monoisotopic (exact) mass is 257 g/mol. The van der Waals surface area contributed by atoms with Crippen LogP contribution in [0.5, 0.6) is 0 Å². The standard InChI is InChI=1S/C16H23N3/c1-2-15-18-13-7-6-12(10-14(13)19-15)16(11-17)8-4-3-5-9-16/h6-7,10H,2-5,8-9,11,17H2,1H3,(H,18,19). The largest absolute Gasteiger partial charge is 0.342 e. The summed E-state index contributed by atoms with van der Waals surface area (Å²) in [7, 11) is 0. The molecule has 3 heteroatoms. The highest BCUT2D eigenvalue weighted by Crippen LogP contribution is 2.39. The molecule has 0 radical (unpaired) electrons. The van der Waals surface area contributed by atoms with Crippen LogP contribution in [0.1, 0.15) is 50.4 Å². The van der Waals surface area contributed by atoms with Crippen LogP contribution in [0.4, 0.5) is 0 Å². The first-order valence-electron chi connectivity index (χ1n) is 7.46. The average molecular weight is 257 g/mol. The van der Waals surface area contributed by atoms with Crippen LogP contribution in [0.25, 0.3) is 11.0 Å². The lowest BCUT2D eigenvalue weighted by Crippen LogP contribution is -2.37. The summed E-state index contributed by atoms with van der Waals surface area (Å²) >= 11 is 0. The number of imidazole rings is 1. The zero-order chi connectivity index (χ0) is 13.3. The first-order chi connectivity index (χ1) is 9.27. The molecule has 0 amide bonds. The molecule has 3 N–H and O–H groups in total. The van der Waals surface area contributed by atoms with Crippen LogP contribution in [0, 0.1) is 0 Å². The number of aromatic amines is 1. The van der Waals surface area contributed by atoms with E-state index < -0.39 is 0 Å². The number of nitrogens with one attached hydrogen (secondary N) is 1. The fourth-order valence-electron chi connectivity index (χ4n) is 3.40. The minimum atomic E-state index is 0.198. The Kier molecular flexibility index (Phi) is 3.31. The number of aromatic nitrogens is 2. The third kappa shape index (κ3) is 2.16. The molecule has 1 heterocycles. The zero-order valence-corrected chi connectivity index (χ0v) is 11.7. The van der Waals surface area contributed by atoms with Crippen LogP contribution in [0.15, 0.2) is 18.2 Å². The van der Waals surface area contributed by atoms with Crippen LogP contribution in [0.3, 0.4) is 0 Å². The van der Waals surface area contributed by atoms with Gasteiger partial charge in [0.2, 0.25) is 0 Å². The predicted molar refractivity (Wildman–Crippen MR) is 79.3 cm³/mol. The lowest BCUT2D eigenvalue weighted by molar-refractivity contribution is 0.301. The van der Waals surface area contributed by atoms with Crippen molar-refractivity contribution in [3.8, 4) is 0 Å². The van der Waals surface area contributed by atoms with Gasteiger partial charge in [0.25, 0.3) is 0 Å². The fourth-order valence-corrected chi connectivity index (χ4v) is 3.40. The molecule has 102 valence electrons. The molecule has 19 heavy (non-hydrogen) atoms. The molecule has 0 aliphatic heterocycles. The van der Waals surface area contributed by atoms with Gasteiger partial charge in [-0.15, -0.1) is 0 Å². The van der Waals surface area contributed by atoms with Gasteiger partial charge in [0.1, 0.15) is 5.82 Å². The van der Waals surface area contributed by atoms with Crippen molar-refractivity contribution in [1.82, 2.24) is 9.97 Å². The molecule has 3 nitrogen and oxygen atoms in total. The van der Waals surface area contributed by atoms with E-state index in [4.69, 9.17) is 5.73 Å². The van der Waals surface area contributed by atoms with E-state index in [0.29, 0.717) is 0 Å². The number of benzene rings is 1. The van der Waals surface area contributed by atoms with Gasteiger partial charge in [-0.2, -0.15) is 0 Å². The van der Waals surface area contributed by atoms with E-state index >= 15 is 0 Å². The summed E-state index contributed by atoms with van der Waals surface area (Å²) in [6.45, 7) is 2.88. The molecule has 0 unspecified atom stereocenters. The molecular weight excluding hydrogens is 234 g/mol. The van der Waals surface area contributed by atoms with E-state index in [9.17, 15) is 0 Å². The summed E-state index contributed by atoms with van der Waals surface area (Å²) in [5, 5.41) is 0. The minimum absolute atomic E-state index is 0.198. The van der Waals surface area contributed by atoms with Crippen LogP contribution >= 0.6 is 0 Å². The number of H-pyrrole nitrogens is 1. The quantitative estimate of drug-likeness (QED) is 0.886. The molecule has 0 atom stereocenters. The summed E-state index contributed by atoms with van der Waals surface area (Å²) in [5.41, 5.74) is 9.95. The number of fused-ring (bicyclic) bond motifs is 1. The van der Waals surface area contributed by atoms with Gasteiger partial charge in [-0.1, -0.05) is 32.3 Å². The van der Waals surface area contributed by atoms with Crippen LogP contribution in [-0.2, 0) is 11.8 Å². The second kappa shape index (κ2) is 4.97. The van der Waals surface area contributed by atoms with Crippen LogP contribution in [-0.4, -0.2) is 16.5 Å². The van der Waals surface area contributed by atoms with E-state index in [1.807, 2.05) is 0 Å². The molecule has 1 aliphatic carbocycles. The number of aryl methyl sites for hydroxylation is 1. The zero-order valence-electron chi connectivity index (χ0n) is 11.7. The summed E-state index contributed by atoms with van der Waals surface area (Å²) < 4.78 is 0. The Labute approximate surface area is 114 Å². The summed E-state index contributed by atoms with van der Waals surface area (Å²) in [5.74, 6) is 1.07. The topological polar surface area (TPSA) is 54.7 Å². The number of hydrogen-bond acceptors (Lipinski definition) is 2. The first kappa shape index (κ1) is 12.7. The van der Waals surface area contributed by atoms with Crippen molar-refractivity contribution in [3.63, 3.8) is 0 Å². The van der Waals surface area contributed by atoms with E-state index in [1.54, 1.807) is 0 Å². The van der Waals surface area contributed by atoms with Crippen molar-refractivity contribution >= 4 is 11.0 Å². The Hall–Kier alpha value is -1.35. The van der Waals surface area contributed by atoms with Gasteiger partial charge in [-0.05, 0) is 30.5 Å². The van der Waals surface area contributed by atoms with Crippen molar-refractivity contribution < 1.29 is 0 Å². The molecule has 1 saturated carbocycles. The molecule has 2 aromatic rings. The molecule has 0 spiro atoms. The van der Waals surface area contributed by atoms with E-state index in [1.165, 1.54) is 37.7 Å². The minimum Gasteiger partial charge on any atom is -0.342 e. The van der Waals surface area contributed by atoms with Crippen molar-refractivity contribution in [2.45, 2.75) is 50.9 Å². The predicted octanol–water partition coefficient (Wildman–Crippen LogP) is 3.29. The van der Waals surface area contributed by atoms with Gasteiger partial charge in [0.05, 0.1) is 11.0 Å². The maximum Gasteiger partial charge on any atom is 0.106 e. The Balaban J connectivity index is 2.03. The molecule has 3 rings (SSSR count). The molecule has 1 aliphatic rings. The Morgan fingerprint density at radius 2 is 2.05 bits per heavy atom. The molecule has 0 saturated heterocycles. The molecule has 0 bridgehead atoms. The number of nitrogens with zero attached hydrogens (tertiary/aromatic N) is 1. The molecule has 1 aromatic heterocycles. The van der Waals surface area contributed by atoms with Crippen molar-refractivity contribution in [2.75, 3.05) is 6.54 Å². The Bertz CT molecular complexity index is 564. The normalized spacial score (nSPS) is 18.8. The van der Waals surface area contributed by atoms with Crippen molar-refractivity contribution in [3.05, 3.63) is 29.6 Å². The summed E-state index contributed by atoms with van der Waals surface area (Å²) in [4.78, 5) is 7.99. The van der Waals surface area contributed by atoms with E-state index in [0.717, 1.165) is 29.8 Å². The number of rotatable bonds is 3. The lowest BCUT2D eigenvalue weighted by atomic mass is 9.69. The lowest BCUT2D eigenvalue weighted by Gasteiger charge is -2.36. The van der Waals surface area contributed by atoms with Gasteiger partial charge >= 0.3 is 0 Å². The molecular formula is C16H23N3. The molecule has 1 fully saturated rings. The van der Waals surface area contributed by atoms with Gasteiger partial charge in [-0.25, -0.2) is 4.98 Å². The highest BCUT2D eigenvalue weighted by molar-refractivity contribution is 5.76. The van der Waals surface area contributed by atoms with Crippen LogP contribution < -0.4 is 5.73 Å². The van der Waals surface area contributed by atoms with E-state index in [2.05, 4.69) is 35.1 Å². The second-order valence-electron chi connectivity index (χ2n) is 5.81. The highest BCUT2D eigenvalue weighted by atomic mass is 14.9. The third-order valence-corrected chi connectivity index (χ3v) is 4.68. The number of hydrogen-bond donors (Lipinski definition) is 2. The third-order valence-electron chi connectivity index (χ3n) is 4.68. The highest BCUT2D eigenvalue weighted by Gasteiger charge is 2.32. The smallest absolute Gasteiger partial charge is 0.106 e. The number of nitrogens with two attached hydrogens (primary N) is 1. The summed E-state index contributed by atoms with van der Waals surface area (Å²) in [6, 6.07) is 6.66. The SMILES string of the molecule is CCc1nc2ccc(C3(CN)CCCCC3)cc2[nH]1. The van der Waals surface area contributed by atoms with Gasteiger partial charge < -0.3 is 10.7 Å². The van der Waals surface area contributed by atoms with Gasteiger partial charge in [0, 0.05) is 18.4 Å². The average Bonchev–Trinajstić information content (AvgIpc) is 2.90.